The summed E-state index contributed by atoms with van der Waals surface area (Å²) >= 11 is 0. The number of benzene rings is 1. The fraction of sp³-hybridized carbons (Fsp3) is 0.500. The molecule has 0 aliphatic heterocycles. The predicted octanol–water partition coefficient (Wildman–Crippen LogP) is 3.70. The summed E-state index contributed by atoms with van der Waals surface area (Å²) < 4.78 is 5.31. The Morgan fingerprint density at radius 2 is 2.08 bits per heavy atom. The Morgan fingerprint density at radius 3 is 2.83 bits per heavy atom. The number of rotatable bonds is 4. The van der Waals surface area contributed by atoms with Gasteiger partial charge in [0.25, 0.3) is 5.91 Å². The number of pyridine rings is 1. The van der Waals surface area contributed by atoms with E-state index in [2.05, 4.69) is 16.4 Å². The van der Waals surface area contributed by atoms with E-state index in [9.17, 15) is 4.79 Å². The van der Waals surface area contributed by atoms with Crippen LogP contribution in [-0.2, 0) is 4.74 Å². The molecule has 1 aliphatic rings. The molecule has 4 heteroatoms. The molecule has 1 fully saturated rings. The maximum absolute atomic E-state index is 13.1. The monoisotopic (exact) mass is 326 g/mol. The van der Waals surface area contributed by atoms with E-state index in [1.54, 1.807) is 7.11 Å². The highest BCUT2D eigenvalue weighted by molar-refractivity contribution is 6.07. The third-order valence-electron chi connectivity index (χ3n) is 5.21. The van der Waals surface area contributed by atoms with Crippen molar-refractivity contribution in [3.8, 4) is 0 Å². The lowest BCUT2D eigenvalue weighted by atomic mass is 9.98. The minimum absolute atomic E-state index is 0.0154. The van der Waals surface area contributed by atoms with E-state index >= 15 is 0 Å². The average molecular weight is 326 g/mol. The van der Waals surface area contributed by atoms with Crippen LogP contribution in [0.4, 0.5) is 0 Å². The van der Waals surface area contributed by atoms with E-state index in [1.165, 1.54) is 0 Å². The highest BCUT2D eigenvalue weighted by Gasteiger charge is 2.29. The van der Waals surface area contributed by atoms with Crippen LogP contribution in [0.25, 0.3) is 10.9 Å². The Labute approximate surface area is 143 Å². The molecule has 4 nitrogen and oxygen atoms in total. The van der Waals surface area contributed by atoms with E-state index in [4.69, 9.17) is 4.74 Å². The molecule has 1 aromatic heterocycles. The van der Waals surface area contributed by atoms with Crippen LogP contribution in [0, 0.1) is 26.7 Å². The molecule has 128 valence electrons. The molecule has 1 N–H and O–H groups in total. The van der Waals surface area contributed by atoms with Gasteiger partial charge in [-0.3, -0.25) is 9.78 Å². The minimum Gasteiger partial charge on any atom is -0.384 e. The predicted molar refractivity (Wildman–Crippen MR) is 96.4 cm³/mol. The number of hydrogen-bond donors (Lipinski definition) is 1. The molecule has 0 saturated heterocycles. The number of fused-ring (bicyclic) bond motifs is 1. The molecule has 0 bridgehead atoms. The number of carbonyl (C=O) groups is 1. The van der Waals surface area contributed by atoms with Gasteiger partial charge in [0.15, 0.2) is 0 Å². The van der Waals surface area contributed by atoms with E-state index in [-0.39, 0.29) is 11.9 Å². The fourth-order valence-electron chi connectivity index (χ4n) is 3.77. The van der Waals surface area contributed by atoms with Crippen LogP contribution in [0.2, 0.25) is 0 Å². The van der Waals surface area contributed by atoms with Gasteiger partial charge in [-0.1, -0.05) is 18.1 Å². The second-order valence-electron chi connectivity index (χ2n) is 6.94. The van der Waals surface area contributed by atoms with Gasteiger partial charge in [-0.25, -0.2) is 0 Å². The van der Waals surface area contributed by atoms with Crippen molar-refractivity contribution >= 4 is 16.8 Å². The summed E-state index contributed by atoms with van der Waals surface area (Å²) in [6.07, 6.45) is 3.29. The SMILES string of the molecule is COC[C@H]1CCC[C@H]1NC(=O)c1c(C)c(C)nc2ccc(C)cc12. The largest absolute Gasteiger partial charge is 0.384 e. The quantitative estimate of drug-likeness (QED) is 0.932. The van der Waals surface area contributed by atoms with Crippen LogP contribution in [0.5, 0.6) is 0 Å². The zero-order valence-electron chi connectivity index (χ0n) is 15.0. The summed E-state index contributed by atoms with van der Waals surface area (Å²) in [5.74, 6) is 0.428. The number of aromatic nitrogens is 1. The molecule has 1 aliphatic carbocycles. The first-order chi connectivity index (χ1) is 11.5. The van der Waals surface area contributed by atoms with E-state index < -0.39 is 0 Å². The summed E-state index contributed by atoms with van der Waals surface area (Å²) in [5.41, 5.74) is 4.67. The van der Waals surface area contributed by atoms with Gasteiger partial charge in [-0.15, -0.1) is 0 Å². The lowest BCUT2D eigenvalue weighted by molar-refractivity contribution is 0.0899. The van der Waals surface area contributed by atoms with E-state index in [0.29, 0.717) is 12.5 Å². The van der Waals surface area contributed by atoms with Gasteiger partial charge in [0.05, 0.1) is 17.7 Å². The fourth-order valence-corrected chi connectivity index (χ4v) is 3.77. The first-order valence-corrected chi connectivity index (χ1v) is 8.68. The molecular formula is C20H26N2O2. The molecule has 0 spiro atoms. The molecule has 1 amide bonds. The molecule has 2 atom stereocenters. The average Bonchev–Trinajstić information content (AvgIpc) is 2.96. The number of aryl methyl sites for hydroxylation is 2. The van der Waals surface area contributed by atoms with Gasteiger partial charge in [0, 0.05) is 30.1 Å². The standard InChI is InChI=1S/C20H26N2O2/c1-12-8-9-18-16(10-12)19(13(2)14(3)21-18)20(23)22-17-7-5-6-15(17)11-24-4/h8-10,15,17H,5-7,11H2,1-4H3,(H,22,23)/t15-,17-/m1/s1. The van der Waals surface area contributed by atoms with Crippen molar-refractivity contribution in [2.45, 2.75) is 46.1 Å². The smallest absolute Gasteiger partial charge is 0.252 e. The van der Waals surface area contributed by atoms with Gasteiger partial charge in [0.1, 0.15) is 0 Å². The second kappa shape index (κ2) is 6.89. The molecule has 0 radical (unpaired) electrons. The molecule has 1 heterocycles. The lowest BCUT2D eigenvalue weighted by Gasteiger charge is -2.21. The Balaban J connectivity index is 1.97. The van der Waals surface area contributed by atoms with Crippen LogP contribution in [0.1, 0.15) is 46.4 Å². The first-order valence-electron chi connectivity index (χ1n) is 8.68. The Hall–Kier alpha value is -1.94. The van der Waals surface area contributed by atoms with Gasteiger partial charge in [-0.05, 0) is 51.3 Å². The van der Waals surface area contributed by atoms with Crippen molar-refractivity contribution in [3.05, 3.63) is 40.6 Å². The number of hydrogen-bond acceptors (Lipinski definition) is 3. The second-order valence-corrected chi connectivity index (χ2v) is 6.94. The normalized spacial score (nSPS) is 20.5. The van der Waals surface area contributed by atoms with Crippen LogP contribution in [0.15, 0.2) is 18.2 Å². The first kappa shape index (κ1) is 16.9. The Kier molecular flexibility index (Phi) is 4.86. The van der Waals surface area contributed by atoms with Crippen molar-refractivity contribution in [2.75, 3.05) is 13.7 Å². The maximum Gasteiger partial charge on any atom is 0.252 e. The highest BCUT2D eigenvalue weighted by Crippen LogP contribution is 2.28. The molecule has 2 aromatic rings. The third kappa shape index (κ3) is 3.16. The van der Waals surface area contributed by atoms with E-state index in [1.807, 2.05) is 32.9 Å². The zero-order chi connectivity index (χ0) is 17.3. The summed E-state index contributed by atoms with van der Waals surface area (Å²) in [6, 6.07) is 6.30. The number of nitrogens with zero attached hydrogens (tertiary/aromatic N) is 1. The molecule has 1 aromatic carbocycles. The van der Waals surface area contributed by atoms with Crippen molar-refractivity contribution < 1.29 is 9.53 Å². The molecule has 3 rings (SSSR count). The lowest BCUT2D eigenvalue weighted by Crippen LogP contribution is -2.39. The topological polar surface area (TPSA) is 51.2 Å². The Bertz CT molecular complexity index is 770. The van der Waals surface area contributed by atoms with Gasteiger partial charge >= 0.3 is 0 Å². The van der Waals surface area contributed by atoms with Crippen molar-refractivity contribution in [3.63, 3.8) is 0 Å². The zero-order valence-corrected chi connectivity index (χ0v) is 15.0. The van der Waals surface area contributed by atoms with Crippen LogP contribution in [0.3, 0.4) is 0 Å². The minimum atomic E-state index is 0.0154. The van der Waals surface area contributed by atoms with Crippen molar-refractivity contribution in [1.82, 2.24) is 10.3 Å². The van der Waals surface area contributed by atoms with Gasteiger partial charge < -0.3 is 10.1 Å². The summed E-state index contributed by atoms with van der Waals surface area (Å²) in [4.78, 5) is 17.7. The molecule has 24 heavy (non-hydrogen) atoms. The number of amides is 1. The summed E-state index contributed by atoms with van der Waals surface area (Å²) in [7, 11) is 1.73. The van der Waals surface area contributed by atoms with Crippen molar-refractivity contribution in [2.24, 2.45) is 5.92 Å². The molecular weight excluding hydrogens is 300 g/mol. The number of nitrogens with one attached hydrogen (secondary N) is 1. The van der Waals surface area contributed by atoms with Crippen LogP contribution >= 0.6 is 0 Å². The number of methoxy groups -OCH3 is 1. The number of carbonyl (C=O) groups excluding carboxylic acids is 1. The molecule has 0 unspecified atom stereocenters. The summed E-state index contributed by atoms with van der Waals surface area (Å²) in [6.45, 7) is 6.70. The third-order valence-corrected chi connectivity index (χ3v) is 5.21. The number of ether oxygens (including phenoxy) is 1. The Morgan fingerprint density at radius 1 is 1.29 bits per heavy atom. The van der Waals surface area contributed by atoms with E-state index in [0.717, 1.165) is 52.5 Å². The summed E-state index contributed by atoms with van der Waals surface area (Å²) in [5, 5.41) is 4.20. The van der Waals surface area contributed by atoms with Gasteiger partial charge in [0.2, 0.25) is 0 Å². The van der Waals surface area contributed by atoms with Crippen LogP contribution in [-0.4, -0.2) is 30.6 Å². The van der Waals surface area contributed by atoms with Crippen molar-refractivity contribution in [1.29, 1.82) is 0 Å². The maximum atomic E-state index is 13.1. The highest BCUT2D eigenvalue weighted by atomic mass is 16.5. The molecule has 1 saturated carbocycles. The van der Waals surface area contributed by atoms with Gasteiger partial charge in [-0.2, -0.15) is 0 Å². The van der Waals surface area contributed by atoms with Crippen LogP contribution < -0.4 is 5.32 Å².